The van der Waals surface area contributed by atoms with E-state index in [4.69, 9.17) is 0 Å². The maximum Gasteiger partial charge on any atom is 0.240 e. The first-order chi connectivity index (χ1) is 8.13. The molecular weight excluding hydrogens is 236 g/mol. The van der Waals surface area contributed by atoms with Crippen LogP contribution in [0.2, 0.25) is 0 Å². The molecule has 4 nitrogen and oxygen atoms in total. The molecular formula is C12H18N2O2S. The summed E-state index contributed by atoms with van der Waals surface area (Å²) in [7, 11) is -3.33. The van der Waals surface area contributed by atoms with Gasteiger partial charge in [-0.1, -0.05) is 6.92 Å². The average molecular weight is 254 g/mol. The van der Waals surface area contributed by atoms with Crippen LogP contribution in [0, 0.1) is 0 Å². The Kier molecular flexibility index (Phi) is 3.69. The molecule has 0 radical (unpaired) electrons. The smallest absolute Gasteiger partial charge is 0.240 e. The molecule has 0 unspecified atom stereocenters. The lowest BCUT2D eigenvalue weighted by Crippen LogP contribution is -2.24. The summed E-state index contributed by atoms with van der Waals surface area (Å²) in [4.78, 5) is 0.369. The number of hydrogen-bond acceptors (Lipinski definition) is 3. The summed E-state index contributed by atoms with van der Waals surface area (Å²) in [6, 6.07) is 5.30. The zero-order chi connectivity index (χ0) is 12.3. The highest BCUT2D eigenvalue weighted by Gasteiger charge is 2.16. The molecule has 5 heteroatoms. The summed E-state index contributed by atoms with van der Waals surface area (Å²) in [5.41, 5.74) is 2.15. The number of anilines is 1. The number of rotatable bonds is 4. The fraction of sp³-hybridized carbons (Fsp3) is 0.500. The monoisotopic (exact) mass is 254 g/mol. The summed E-state index contributed by atoms with van der Waals surface area (Å²) in [5, 5.41) is 3.27. The first-order valence-electron chi connectivity index (χ1n) is 6.00. The minimum atomic E-state index is -3.33. The minimum absolute atomic E-state index is 0.369. The van der Waals surface area contributed by atoms with Gasteiger partial charge in [-0.15, -0.1) is 0 Å². The average Bonchev–Trinajstić information content (AvgIpc) is 2.36. The van der Waals surface area contributed by atoms with Crippen molar-refractivity contribution >= 4 is 15.7 Å². The van der Waals surface area contributed by atoms with Gasteiger partial charge < -0.3 is 5.32 Å². The van der Waals surface area contributed by atoms with E-state index in [1.807, 2.05) is 13.0 Å². The van der Waals surface area contributed by atoms with Crippen molar-refractivity contribution in [3.8, 4) is 0 Å². The van der Waals surface area contributed by atoms with Gasteiger partial charge in [0.15, 0.2) is 0 Å². The van der Waals surface area contributed by atoms with Crippen LogP contribution in [0.25, 0.3) is 0 Å². The lowest BCUT2D eigenvalue weighted by atomic mass is 10.0. The van der Waals surface area contributed by atoms with Crippen molar-refractivity contribution in [1.82, 2.24) is 4.72 Å². The summed E-state index contributed by atoms with van der Waals surface area (Å²) in [6.45, 7) is 3.39. The Morgan fingerprint density at radius 3 is 3.00 bits per heavy atom. The minimum Gasteiger partial charge on any atom is -0.385 e. The molecule has 0 amide bonds. The zero-order valence-corrected chi connectivity index (χ0v) is 10.8. The molecule has 1 aliphatic rings. The first-order valence-corrected chi connectivity index (χ1v) is 7.48. The van der Waals surface area contributed by atoms with Crippen LogP contribution in [0.3, 0.4) is 0 Å². The summed E-state index contributed by atoms with van der Waals surface area (Å²) >= 11 is 0. The van der Waals surface area contributed by atoms with Crippen LogP contribution >= 0.6 is 0 Å². The van der Waals surface area contributed by atoms with Crippen molar-refractivity contribution in [2.24, 2.45) is 0 Å². The Balaban J connectivity index is 2.27. The van der Waals surface area contributed by atoms with Gasteiger partial charge in [-0.3, -0.25) is 0 Å². The van der Waals surface area contributed by atoms with Crippen molar-refractivity contribution in [2.45, 2.75) is 31.1 Å². The van der Waals surface area contributed by atoms with E-state index in [0.717, 1.165) is 37.1 Å². The van der Waals surface area contributed by atoms with Crippen molar-refractivity contribution in [3.63, 3.8) is 0 Å². The molecule has 17 heavy (non-hydrogen) atoms. The third-order valence-electron chi connectivity index (χ3n) is 2.87. The lowest BCUT2D eigenvalue weighted by Gasteiger charge is -2.18. The zero-order valence-electron chi connectivity index (χ0n) is 9.99. The molecule has 0 bridgehead atoms. The Morgan fingerprint density at radius 1 is 1.41 bits per heavy atom. The van der Waals surface area contributed by atoms with Crippen LogP contribution in [0.1, 0.15) is 25.3 Å². The molecule has 1 aromatic carbocycles. The maximum atomic E-state index is 11.9. The van der Waals surface area contributed by atoms with Crippen molar-refractivity contribution in [1.29, 1.82) is 0 Å². The first kappa shape index (κ1) is 12.4. The van der Waals surface area contributed by atoms with Gasteiger partial charge in [0.2, 0.25) is 10.0 Å². The third kappa shape index (κ3) is 2.79. The molecule has 94 valence electrons. The van der Waals surface area contributed by atoms with Crippen LogP contribution < -0.4 is 10.0 Å². The summed E-state index contributed by atoms with van der Waals surface area (Å²) in [6.07, 6.45) is 2.80. The van der Waals surface area contributed by atoms with Gasteiger partial charge in [-0.2, -0.15) is 0 Å². The van der Waals surface area contributed by atoms with Gasteiger partial charge in [0.1, 0.15) is 0 Å². The van der Waals surface area contributed by atoms with E-state index in [2.05, 4.69) is 10.0 Å². The molecule has 0 aliphatic carbocycles. The van der Waals surface area contributed by atoms with Crippen molar-refractivity contribution in [2.75, 3.05) is 18.4 Å². The quantitative estimate of drug-likeness (QED) is 0.860. The highest BCUT2D eigenvalue weighted by Crippen LogP contribution is 2.24. The van der Waals surface area contributed by atoms with Crippen LogP contribution in [0.5, 0.6) is 0 Å². The number of aryl methyl sites for hydroxylation is 1. The second-order valence-electron chi connectivity index (χ2n) is 4.25. The Bertz CT molecular complexity index is 497. The van der Waals surface area contributed by atoms with Gasteiger partial charge in [-0.25, -0.2) is 13.1 Å². The van der Waals surface area contributed by atoms with Gasteiger partial charge in [0.05, 0.1) is 4.90 Å². The van der Waals surface area contributed by atoms with Crippen molar-refractivity contribution < 1.29 is 8.42 Å². The Labute approximate surface area is 102 Å². The number of nitrogens with one attached hydrogen (secondary N) is 2. The van der Waals surface area contributed by atoms with Gasteiger partial charge in [-0.05, 0) is 43.0 Å². The van der Waals surface area contributed by atoms with Crippen LogP contribution in [0.15, 0.2) is 23.1 Å². The molecule has 1 aliphatic heterocycles. The molecule has 1 aromatic rings. The largest absolute Gasteiger partial charge is 0.385 e. The molecule has 1 heterocycles. The SMILES string of the molecule is CCCNS(=O)(=O)c1ccc2c(c1)CCCN2. The second-order valence-corrected chi connectivity index (χ2v) is 6.01. The van der Waals surface area contributed by atoms with Crippen LogP contribution in [0.4, 0.5) is 5.69 Å². The molecule has 0 atom stereocenters. The summed E-state index contributed by atoms with van der Waals surface area (Å²) < 4.78 is 26.5. The lowest BCUT2D eigenvalue weighted by molar-refractivity contribution is 0.580. The number of sulfonamides is 1. The van der Waals surface area contributed by atoms with Gasteiger partial charge >= 0.3 is 0 Å². The number of benzene rings is 1. The normalized spacial score (nSPS) is 15.1. The maximum absolute atomic E-state index is 11.9. The van der Waals surface area contributed by atoms with E-state index >= 15 is 0 Å². The topological polar surface area (TPSA) is 58.2 Å². The highest BCUT2D eigenvalue weighted by molar-refractivity contribution is 7.89. The van der Waals surface area contributed by atoms with E-state index in [1.165, 1.54) is 0 Å². The van der Waals surface area contributed by atoms with E-state index in [9.17, 15) is 8.42 Å². The molecule has 2 rings (SSSR count). The van der Waals surface area contributed by atoms with Crippen LogP contribution in [-0.4, -0.2) is 21.5 Å². The summed E-state index contributed by atoms with van der Waals surface area (Å²) in [5.74, 6) is 0. The van der Waals surface area contributed by atoms with E-state index in [-0.39, 0.29) is 0 Å². The Hall–Kier alpha value is -1.07. The van der Waals surface area contributed by atoms with Gasteiger partial charge in [0.25, 0.3) is 0 Å². The second kappa shape index (κ2) is 5.06. The molecule has 0 spiro atoms. The Morgan fingerprint density at radius 2 is 2.24 bits per heavy atom. The van der Waals surface area contributed by atoms with E-state index in [1.54, 1.807) is 12.1 Å². The highest BCUT2D eigenvalue weighted by atomic mass is 32.2. The van der Waals surface area contributed by atoms with Crippen LogP contribution in [-0.2, 0) is 16.4 Å². The predicted molar refractivity (Wildman–Crippen MR) is 68.7 cm³/mol. The van der Waals surface area contributed by atoms with Crippen molar-refractivity contribution in [3.05, 3.63) is 23.8 Å². The fourth-order valence-electron chi connectivity index (χ4n) is 1.94. The van der Waals surface area contributed by atoms with E-state index < -0.39 is 10.0 Å². The van der Waals surface area contributed by atoms with Gasteiger partial charge in [0, 0.05) is 18.8 Å². The van der Waals surface area contributed by atoms with E-state index in [0.29, 0.717) is 11.4 Å². The number of hydrogen-bond donors (Lipinski definition) is 2. The molecule has 2 N–H and O–H groups in total. The molecule has 0 saturated heterocycles. The fourth-order valence-corrected chi connectivity index (χ4v) is 3.12. The third-order valence-corrected chi connectivity index (χ3v) is 4.33. The standard InChI is InChI=1S/C12H18N2O2S/c1-2-7-14-17(15,16)11-5-6-12-10(9-11)4-3-8-13-12/h5-6,9,13-14H,2-4,7-8H2,1H3. The molecule has 0 aromatic heterocycles. The number of fused-ring (bicyclic) bond motifs is 1. The molecule has 0 fully saturated rings. The predicted octanol–water partition coefficient (Wildman–Crippen LogP) is 1.73. The molecule has 0 saturated carbocycles.